The Hall–Kier alpha value is -2.02. The zero-order valence-electron chi connectivity index (χ0n) is 9.80. The first kappa shape index (κ1) is 14.4. The highest BCUT2D eigenvalue weighted by Gasteiger charge is 2.32. The van der Waals surface area contributed by atoms with Crippen molar-refractivity contribution in [1.82, 2.24) is 4.98 Å². The maximum Gasteiger partial charge on any atom is 0.433 e. The number of rotatable bonds is 2. The second-order valence-corrected chi connectivity index (χ2v) is 4.32. The van der Waals surface area contributed by atoms with Gasteiger partial charge in [0.25, 0.3) is 0 Å². The number of nitrogens with two attached hydrogens (primary N) is 1. The molecule has 3 N–H and O–H groups in total. The average molecular weight is 306 g/mol. The molecule has 1 aromatic carbocycles. The highest BCUT2D eigenvalue weighted by atomic mass is 35.5. The average Bonchev–Trinajstić information content (AvgIpc) is 2.35. The Morgan fingerprint density at radius 2 is 1.90 bits per heavy atom. The molecule has 20 heavy (non-hydrogen) atoms. The lowest BCUT2D eigenvalue weighted by molar-refractivity contribution is -0.141. The van der Waals surface area contributed by atoms with Crippen LogP contribution in [0.25, 0.3) is 0 Å². The fourth-order valence-corrected chi connectivity index (χ4v) is 1.58. The third-order valence-corrected chi connectivity index (χ3v) is 2.73. The molecule has 0 radical (unpaired) electrons. The number of anilines is 3. The Kier molecular flexibility index (Phi) is 3.71. The Balaban J connectivity index is 2.35. The predicted octanol–water partition coefficient (Wildman–Crippen LogP) is 4.22. The van der Waals surface area contributed by atoms with Crippen LogP contribution in [0.15, 0.2) is 30.5 Å². The van der Waals surface area contributed by atoms with E-state index in [4.69, 9.17) is 17.3 Å². The summed E-state index contributed by atoms with van der Waals surface area (Å²) in [5.74, 6) is -0.694. The van der Waals surface area contributed by atoms with E-state index in [1.807, 2.05) is 0 Å². The Bertz CT molecular complexity index is 643. The van der Waals surface area contributed by atoms with E-state index in [0.717, 1.165) is 18.3 Å². The first-order chi connectivity index (χ1) is 9.27. The van der Waals surface area contributed by atoms with Crippen molar-refractivity contribution in [2.75, 3.05) is 11.1 Å². The molecule has 0 saturated heterocycles. The summed E-state index contributed by atoms with van der Waals surface area (Å²) in [5, 5.41) is 2.50. The predicted molar refractivity (Wildman–Crippen MR) is 68.3 cm³/mol. The summed E-state index contributed by atoms with van der Waals surface area (Å²) in [6.45, 7) is 0. The maximum atomic E-state index is 13.3. The Labute approximate surface area is 116 Å². The minimum absolute atomic E-state index is 0.00774. The highest BCUT2D eigenvalue weighted by molar-refractivity contribution is 6.30. The Morgan fingerprint density at radius 3 is 2.50 bits per heavy atom. The molecule has 0 saturated carbocycles. The van der Waals surface area contributed by atoms with Gasteiger partial charge in [0.1, 0.15) is 11.5 Å². The van der Waals surface area contributed by atoms with Gasteiger partial charge in [0.2, 0.25) is 0 Å². The van der Waals surface area contributed by atoms with Crippen molar-refractivity contribution in [3.8, 4) is 0 Å². The lowest BCUT2D eigenvalue weighted by atomic mass is 10.2. The molecule has 2 aromatic rings. The number of hydrogen-bond donors (Lipinski definition) is 2. The minimum Gasteiger partial charge on any atom is -0.396 e. The quantitative estimate of drug-likeness (QED) is 0.817. The van der Waals surface area contributed by atoms with Gasteiger partial charge in [-0.3, -0.25) is 0 Å². The van der Waals surface area contributed by atoms with Gasteiger partial charge in [0, 0.05) is 5.69 Å². The van der Waals surface area contributed by atoms with Crippen LogP contribution in [0.2, 0.25) is 5.02 Å². The summed E-state index contributed by atoms with van der Waals surface area (Å²) in [6.07, 6.45) is -3.70. The van der Waals surface area contributed by atoms with E-state index in [-0.39, 0.29) is 22.1 Å². The van der Waals surface area contributed by atoms with Crippen LogP contribution in [0.1, 0.15) is 5.69 Å². The molecule has 0 spiro atoms. The SMILES string of the molecule is Nc1cnc(C(F)(F)F)cc1Nc1ccc(Cl)c(F)c1. The zero-order valence-corrected chi connectivity index (χ0v) is 10.6. The van der Waals surface area contributed by atoms with Crippen LogP contribution in [0.4, 0.5) is 34.6 Å². The largest absolute Gasteiger partial charge is 0.433 e. The molecule has 0 aliphatic rings. The van der Waals surface area contributed by atoms with E-state index >= 15 is 0 Å². The molecule has 0 unspecified atom stereocenters. The van der Waals surface area contributed by atoms with Gasteiger partial charge in [0.05, 0.1) is 22.6 Å². The molecule has 0 atom stereocenters. The van der Waals surface area contributed by atoms with Gasteiger partial charge in [-0.25, -0.2) is 9.37 Å². The Morgan fingerprint density at radius 1 is 1.20 bits per heavy atom. The molecule has 0 aliphatic carbocycles. The number of halogens is 5. The second kappa shape index (κ2) is 5.16. The van der Waals surface area contributed by atoms with Crippen molar-refractivity contribution < 1.29 is 17.6 Å². The number of nitrogens with zero attached hydrogens (tertiary/aromatic N) is 1. The van der Waals surface area contributed by atoms with Crippen LogP contribution in [0, 0.1) is 5.82 Å². The van der Waals surface area contributed by atoms with Crippen LogP contribution in [0.3, 0.4) is 0 Å². The molecule has 1 heterocycles. The van der Waals surface area contributed by atoms with E-state index in [2.05, 4.69) is 10.3 Å². The number of pyridine rings is 1. The lowest BCUT2D eigenvalue weighted by Gasteiger charge is -2.12. The van der Waals surface area contributed by atoms with E-state index in [1.165, 1.54) is 12.1 Å². The van der Waals surface area contributed by atoms with E-state index in [0.29, 0.717) is 0 Å². The van der Waals surface area contributed by atoms with Crippen molar-refractivity contribution in [2.45, 2.75) is 6.18 Å². The van der Waals surface area contributed by atoms with Gasteiger partial charge in [-0.05, 0) is 24.3 Å². The summed E-state index contributed by atoms with van der Waals surface area (Å²) in [7, 11) is 0. The topological polar surface area (TPSA) is 50.9 Å². The van der Waals surface area contributed by atoms with Crippen molar-refractivity contribution in [2.24, 2.45) is 0 Å². The van der Waals surface area contributed by atoms with Gasteiger partial charge >= 0.3 is 6.18 Å². The zero-order chi connectivity index (χ0) is 14.9. The van der Waals surface area contributed by atoms with Gasteiger partial charge < -0.3 is 11.1 Å². The molecule has 0 fully saturated rings. The number of benzene rings is 1. The minimum atomic E-state index is -4.59. The van der Waals surface area contributed by atoms with Crippen LogP contribution >= 0.6 is 11.6 Å². The molecule has 106 valence electrons. The van der Waals surface area contributed by atoms with Gasteiger partial charge in [-0.1, -0.05) is 11.6 Å². The standard InChI is InChI=1S/C12H8ClF4N3/c13-7-2-1-6(3-8(7)14)20-10-4-11(12(15,16)17)19-5-9(10)18/h1-5H,18H2,(H,19,20). The third-order valence-electron chi connectivity index (χ3n) is 2.42. The summed E-state index contributed by atoms with van der Waals surface area (Å²) >= 11 is 5.51. The fraction of sp³-hybridized carbons (Fsp3) is 0.0833. The molecule has 8 heteroatoms. The first-order valence-corrected chi connectivity index (χ1v) is 5.70. The van der Waals surface area contributed by atoms with Gasteiger partial charge in [-0.15, -0.1) is 0 Å². The van der Waals surface area contributed by atoms with Crippen molar-refractivity contribution in [1.29, 1.82) is 0 Å². The van der Waals surface area contributed by atoms with Gasteiger partial charge in [0.15, 0.2) is 0 Å². The summed E-state index contributed by atoms with van der Waals surface area (Å²) in [6, 6.07) is 4.50. The van der Waals surface area contributed by atoms with Crippen LogP contribution in [-0.4, -0.2) is 4.98 Å². The molecule has 3 nitrogen and oxygen atoms in total. The summed E-state index contributed by atoms with van der Waals surface area (Å²) in [4.78, 5) is 3.20. The first-order valence-electron chi connectivity index (χ1n) is 5.32. The van der Waals surface area contributed by atoms with E-state index in [1.54, 1.807) is 0 Å². The number of nitrogens with one attached hydrogen (secondary N) is 1. The molecular weight excluding hydrogens is 298 g/mol. The van der Waals surface area contributed by atoms with Crippen LogP contribution in [0.5, 0.6) is 0 Å². The van der Waals surface area contributed by atoms with Crippen molar-refractivity contribution >= 4 is 28.7 Å². The molecule has 2 rings (SSSR count). The van der Waals surface area contributed by atoms with Gasteiger partial charge in [-0.2, -0.15) is 13.2 Å². The van der Waals surface area contributed by atoms with E-state index < -0.39 is 17.7 Å². The number of nitrogen functional groups attached to an aromatic ring is 1. The molecular formula is C12H8ClF4N3. The molecule has 1 aromatic heterocycles. The highest BCUT2D eigenvalue weighted by Crippen LogP contribution is 2.32. The smallest absolute Gasteiger partial charge is 0.396 e. The number of aromatic nitrogens is 1. The number of hydrogen-bond acceptors (Lipinski definition) is 3. The second-order valence-electron chi connectivity index (χ2n) is 3.91. The normalized spacial score (nSPS) is 11.4. The molecule has 0 amide bonds. The fourth-order valence-electron chi connectivity index (χ4n) is 1.46. The van der Waals surface area contributed by atoms with Crippen LogP contribution < -0.4 is 11.1 Å². The maximum absolute atomic E-state index is 13.3. The lowest BCUT2D eigenvalue weighted by Crippen LogP contribution is -2.09. The molecule has 0 bridgehead atoms. The van der Waals surface area contributed by atoms with E-state index in [9.17, 15) is 17.6 Å². The van der Waals surface area contributed by atoms with Crippen molar-refractivity contribution in [3.63, 3.8) is 0 Å². The third kappa shape index (κ3) is 3.11. The van der Waals surface area contributed by atoms with Crippen molar-refractivity contribution in [3.05, 3.63) is 47.0 Å². The summed E-state index contributed by atoms with van der Waals surface area (Å²) < 4.78 is 50.9. The monoisotopic (exact) mass is 305 g/mol. The number of alkyl halides is 3. The van der Waals surface area contributed by atoms with Crippen LogP contribution in [-0.2, 0) is 6.18 Å². The molecule has 0 aliphatic heterocycles. The summed E-state index contributed by atoms with van der Waals surface area (Å²) in [5.41, 5.74) is 4.65.